The van der Waals surface area contributed by atoms with Gasteiger partial charge in [0.05, 0.1) is 0 Å². The molecule has 1 aliphatic carbocycles. The van der Waals surface area contributed by atoms with Gasteiger partial charge in [0.15, 0.2) is 0 Å². The molecule has 2 rings (SSSR count). The molecule has 0 bridgehead atoms. The van der Waals surface area contributed by atoms with Crippen molar-refractivity contribution in [2.75, 3.05) is 5.88 Å². The van der Waals surface area contributed by atoms with Crippen molar-refractivity contribution in [2.45, 2.75) is 24.9 Å². The molecule has 1 fully saturated rings. The number of halogens is 3. The molecule has 4 heteroatoms. The SMILES string of the molecule is ClCC1(NCc2ccc(Cl)cc2Cl)CC1. The molecule has 0 aromatic heterocycles. The monoisotopic (exact) mass is 263 g/mol. The molecule has 1 nitrogen and oxygen atoms in total. The van der Waals surface area contributed by atoms with Crippen LogP contribution in [0.2, 0.25) is 10.0 Å². The van der Waals surface area contributed by atoms with Gasteiger partial charge >= 0.3 is 0 Å². The molecule has 0 amide bonds. The third-order valence-corrected chi connectivity index (χ3v) is 3.88. The first-order valence-corrected chi connectivity index (χ1v) is 6.19. The van der Waals surface area contributed by atoms with Crippen molar-refractivity contribution in [2.24, 2.45) is 0 Å². The summed E-state index contributed by atoms with van der Waals surface area (Å²) in [5.74, 6) is 0.665. The zero-order chi connectivity index (χ0) is 10.9. The van der Waals surface area contributed by atoms with Gasteiger partial charge in [-0.05, 0) is 30.5 Å². The van der Waals surface area contributed by atoms with Crippen molar-refractivity contribution in [1.29, 1.82) is 0 Å². The highest BCUT2D eigenvalue weighted by molar-refractivity contribution is 6.35. The highest BCUT2D eigenvalue weighted by atomic mass is 35.5. The molecule has 0 atom stereocenters. The predicted octanol–water partition coefficient (Wildman–Crippen LogP) is 3.85. The second-order valence-corrected chi connectivity index (χ2v) is 5.11. The van der Waals surface area contributed by atoms with Crippen LogP contribution in [0.5, 0.6) is 0 Å². The van der Waals surface area contributed by atoms with Crippen molar-refractivity contribution in [3.05, 3.63) is 33.8 Å². The normalized spacial score (nSPS) is 17.8. The van der Waals surface area contributed by atoms with Crippen LogP contribution in [0.4, 0.5) is 0 Å². The van der Waals surface area contributed by atoms with Crippen LogP contribution in [0.25, 0.3) is 0 Å². The molecule has 1 aromatic carbocycles. The largest absolute Gasteiger partial charge is 0.306 e. The molecule has 0 spiro atoms. The lowest BCUT2D eigenvalue weighted by atomic mass is 10.2. The Morgan fingerprint density at radius 3 is 2.53 bits per heavy atom. The highest BCUT2D eigenvalue weighted by Crippen LogP contribution is 2.37. The second kappa shape index (κ2) is 4.50. The van der Waals surface area contributed by atoms with E-state index in [-0.39, 0.29) is 5.54 Å². The fourth-order valence-corrected chi connectivity index (χ4v) is 2.29. The highest BCUT2D eigenvalue weighted by Gasteiger charge is 2.41. The van der Waals surface area contributed by atoms with E-state index in [1.165, 1.54) is 0 Å². The van der Waals surface area contributed by atoms with Crippen LogP contribution < -0.4 is 5.32 Å². The quantitative estimate of drug-likeness (QED) is 0.815. The Hall–Kier alpha value is 0.0500. The lowest BCUT2D eigenvalue weighted by Crippen LogP contribution is -2.32. The second-order valence-electron chi connectivity index (χ2n) is 4.00. The predicted molar refractivity (Wildman–Crippen MR) is 66.0 cm³/mol. The molecule has 0 radical (unpaired) electrons. The van der Waals surface area contributed by atoms with Crippen molar-refractivity contribution < 1.29 is 0 Å². The summed E-state index contributed by atoms with van der Waals surface area (Å²) in [7, 11) is 0. The Kier molecular flexibility index (Phi) is 3.46. The average Bonchev–Trinajstić information content (AvgIpc) is 2.97. The third-order valence-electron chi connectivity index (χ3n) is 2.78. The van der Waals surface area contributed by atoms with Gasteiger partial charge in [-0.1, -0.05) is 29.3 Å². The number of alkyl halides is 1. The summed E-state index contributed by atoms with van der Waals surface area (Å²) in [6, 6.07) is 5.56. The van der Waals surface area contributed by atoms with Crippen LogP contribution >= 0.6 is 34.8 Å². The molecule has 1 saturated carbocycles. The first kappa shape index (κ1) is 11.5. The smallest absolute Gasteiger partial charge is 0.0465 e. The van der Waals surface area contributed by atoms with E-state index in [1.807, 2.05) is 12.1 Å². The summed E-state index contributed by atoms with van der Waals surface area (Å²) in [6.45, 7) is 0.753. The minimum atomic E-state index is 0.157. The number of benzene rings is 1. The van der Waals surface area contributed by atoms with Gasteiger partial charge in [0.25, 0.3) is 0 Å². The van der Waals surface area contributed by atoms with Gasteiger partial charge in [0.2, 0.25) is 0 Å². The maximum absolute atomic E-state index is 6.06. The van der Waals surface area contributed by atoms with Gasteiger partial charge in [-0.2, -0.15) is 0 Å². The van der Waals surface area contributed by atoms with E-state index < -0.39 is 0 Å². The van der Waals surface area contributed by atoms with Crippen molar-refractivity contribution >= 4 is 34.8 Å². The van der Waals surface area contributed by atoms with Crippen LogP contribution in [0.1, 0.15) is 18.4 Å². The fourth-order valence-electron chi connectivity index (χ4n) is 1.46. The number of rotatable bonds is 4. The maximum Gasteiger partial charge on any atom is 0.0465 e. The van der Waals surface area contributed by atoms with Crippen molar-refractivity contribution in [3.63, 3.8) is 0 Å². The summed E-state index contributed by atoms with van der Waals surface area (Å²) in [5.41, 5.74) is 1.22. The van der Waals surface area contributed by atoms with E-state index in [9.17, 15) is 0 Å². The number of hydrogen-bond acceptors (Lipinski definition) is 1. The minimum absolute atomic E-state index is 0.157. The summed E-state index contributed by atoms with van der Waals surface area (Å²) in [6.07, 6.45) is 2.31. The lowest BCUT2D eigenvalue weighted by Gasteiger charge is -2.14. The maximum atomic E-state index is 6.06. The Bertz CT molecular complexity index is 361. The Morgan fingerprint density at radius 1 is 1.27 bits per heavy atom. The van der Waals surface area contributed by atoms with E-state index in [2.05, 4.69) is 5.32 Å². The van der Waals surface area contributed by atoms with E-state index in [0.29, 0.717) is 15.9 Å². The minimum Gasteiger partial charge on any atom is -0.306 e. The van der Waals surface area contributed by atoms with Gasteiger partial charge in [-0.15, -0.1) is 11.6 Å². The molecule has 82 valence electrons. The number of hydrogen-bond donors (Lipinski definition) is 1. The van der Waals surface area contributed by atoms with Gasteiger partial charge in [0, 0.05) is 28.0 Å². The van der Waals surface area contributed by atoms with E-state index >= 15 is 0 Å². The summed E-state index contributed by atoms with van der Waals surface area (Å²) >= 11 is 17.8. The first-order chi connectivity index (χ1) is 7.15. The topological polar surface area (TPSA) is 12.0 Å². The van der Waals surface area contributed by atoms with Crippen molar-refractivity contribution in [1.82, 2.24) is 5.32 Å². The zero-order valence-electron chi connectivity index (χ0n) is 8.19. The van der Waals surface area contributed by atoms with Crippen LogP contribution in [-0.4, -0.2) is 11.4 Å². The first-order valence-electron chi connectivity index (χ1n) is 4.90. The number of nitrogens with one attached hydrogen (secondary N) is 1. The van der Waals surface area contributed by atoms with Crippen LogP contribution in [0, 0.1) is 0 Å². The van der Waals surface area contributed by atoms with E-state index in [1.54, 1.807) is 6.07 Å². The molecule has 1 aliphatic rings. The zero-order valence-corrected chi connectivity index (χ0v) is 10.5. The molecular formula is C11H12Cl3N. The van der Waals surface area contributed by atoms with Crippen LogP contribution in [0.15, 0.2) is 18.2 Å². The van der Waals surface area contributed by atoms with E-state index in [0.717, 1.165) is 24.9 Å². The summed E-state index contributed by atoms with van der Waals surface area (Å²) in [4.78, 5) is 0. The van der Waals surface area contributed by atoms with Gasteiger partial charge in [-0.25, -0.2) is 0 Å². The summed E-state index contributed by atoms with van der Waals surface area (Å²) < 4.78 is 0. The van der Waals surface area contributed by atoms with Gasteiger partial charge < -0.3 is 5.32 Å². The molecule has 0 unspecified atom stereocenters. The molecular weight excluding hydrogens is 252 g/mol. The Labute approximate surface area is 105 Å². The third kappa shape index (κ3) is 2.79. The van der Waals surface area contributed by atoms with Crippen LogP contribution in [-0.2, 0) is 6.54 Å². The molecule has 0 aliphatic heterocycles. The Morgan fingerprint density at radius 2 is 2.00 bits per heavy atom. The Balaban J connectivity index is 1.99. The fraction of sp³-hybridized carbons (Fsp3) is 0.455. The van der Waals surface area contributed by atoms with Crippen molar-refractivity contribution in [3.8, 4) is 0 Å². The molecule has 0 heterocycles. The molecule has 1 N–H and O–H groups in total. The van der Waals surface area contributed by atoms with Crippen LogP contribution in [0.3, 0.4) is 0 Å². The van der Waals surface area contributed by atoms with Gasteiger partial charge in [0.1, 0.15) is 0 Å². The van der Waals surface area contributed by atoms with Gasteiger partial charge in [-0.3, -0.25) is 0 Å². The lowest BCUT2D eigenvalue weighted by molar-refractivity contribution is 0.543. The average molecular weight is 265 g/mol. The molecule has 15 heavy (non-hydrogen) atoms. The molecule has 0 saturated heterocycles. The standard InChI is InChI=1S/C11H12Cl3N/c12-7-11(3-4-11)15-6-8-1-2-9(13)5-10(8)14/h1-2,5,15H,3-4,6-7H2. The molecule has 1 aromatic rings. The summed E-state index contributed by atoms with van der Waals surface area (Å²) in [5, 5.41) is 4.81. The van der Waals surface area contributed by atoms with E-state index in [4.69, 9.17) is 34.8 Å².